The zero-order chi connectivity index (χ0) is 54.3. The second-order valence-corrected chi connectivity index (χ2v) is 24.4. The molecule has 0 fully saturated rings. The number of rotatable bonds is 58. The second kappa shape index (κ2) is 54.6. The summed E-state index contributed by atoms with van der Waals surface area (Å²) in [7, 11) is 1.50. The number of phosphoric acid groups is 1. The third-order valence-electron chi connectivity index (χ3n) is 14.3. The number of quaternary nitrogens is 1. The summed E-state index contributed by atoms with van der Waals surface area (Å²) >= 11 is 0. The van der Waals surface area contributed by atoms with Gasteiger partial charge in [0.1, 0.15) is 19.3 Å². The van der Waals surface area contributed by atoms with Crippen molar-refractivity contribution in [3.8, 4) is 0 Å². The number of carbonyl (C=O) groups is 2. The minimum absolute atomic E-state index is 0.0409. The first kappa shape index (κ1) is 72.2. The summed E-state index contributed by atoms with van der Waals surface area (Å²) in [5.74, 6) is -0.501. The first-order chi connectivity index (χ1) is 35.9. The first-order valence-electron chi connectivity index (χ1n) is 31.8. The smallest absolute Gasteiger partial charge is 0.456 e. The van der Waals surface area contributed by atoms with Crippen molar-refractivity contribution >= 4 is 19.7 Å². The first-order valence-corrected chi connectivity index (χ1v) is 33.3. The van der Waals surface area contributed by atoms with Crippen molar-refractivity contribution in [1.29, 1.82) is 0 Å². The number of nitrogens with one attached hydrogen (secondary N) is 1. The molecule has 0 radical (unpaired) electrons. The number of ether oxygens (including phenoxy) is 1. The molecule has 0 spiro atoms. The van der Waals surface area contributed by atoms with Crippen LogP contribution >= 0.6 is 7.82 Å². The van der Waals surface area contributed by atoms with Crippen molar-refractivity contribution in [2.24, 2.45) is 0 Å². The van der Waals surface area contributed by atoms with Gasteiger partial charge in [0.15, 0.2) is 0 Å². The van der Waals surface area contributed by atoms with Crippen LogP contribution in [0, 0.1) is 0 Å². The Bertz CT molecular complexity index is 1360. The van der Waals surface area contributed by atoms with Gasteiger partial charge in [0, 0.05) is 12.8 Å². The van der Waals surface area contributed by atoms with Gasteiger partial charge in [0.05, 0.1) is 33.8 Å². The molecule has 3 unspecified atom stereocenters. The van der Waals surface area contributed by atoms with E-state index in [1.807, 2.05) is 33.3 Å². The molecule has 2 N–H and O–H groups in total. The van der Waals surface area contributed by atoms with Gasteiger partial charge in [-0.15, -0.1) is 0 Å². The van der Waals surface area contributed by atoms with Crippen molar-refractivity contribution in [3.05, 3.63) is 36.5 Å². The quantitative estimate of drug-likeness (QED) is 0.0205. The number of likely N-dealkylation sites (N-methyl/N-ethyl adjacent to an activating group) is 1. The zero-order valence-electron chi connectivity index (χ0n) is 49.9. The summed E-state index contributed by atoms with van der Waals surface area (Å²) in [6.45, 7) is 7.03. The Kier molecular flexibility index (Phi) is 53.3. The third-order valence-corrected chi connectivity index (χ3v) is 15.3. The Balaban J connectivity index is 5.23. The molecular formula is C64H124N2O7P+. The highest BCUT2D eigenvalue weighted by molar-refractivity contribution is 7.47. The molecule has 0 aromatic rings. The maximum Gasteiger partial charge on any atom is 0.472 e. The van der Waals surface area contributed by atoms with Crippen LogP contribution in [0.2, 0.25) is 0 Å². The lowest BCUT2D eigenvalue weighted by Crippen LogP contribution is -2.47. The number of esters is 1. The molecule has 0 bridgehead atoms. The van der Waals surface area contributed by atoms with Crippen LogP contribution in [0.15, 0.2) is 36.5 Å². The van der Waals surface area contributed by atoms with Crippen molar-refractivity contribution in [1.82, 2.24) is 5.32 Å². The van der Waals surface area contributed by atoms with Crippen LogP contribution in [0.5, 0.6) is 0 Å². The Hall–Kier alpha value is -1.77. The van der Waals surface area contributed by atoms with Crippen LogP contribution < -0.4 is 5.32 Å². The van der Waals surface area contributed by atoms with Crippen LogP contribution in [0.3, 0.4) is 0 Å². The summed E-state index contributed by atoms with van der Waals surface area (Å²) < 4.78 is 30.7. The molecule has 0 aromatic carbocycles. The summed E-state index contributed by atoms with van der Waals surface area (Å²) in [6, 6.07) is -0.848. The number of unbranched alkanes of at least 4 members (excludes halogenated alkanes) is 38. The molecule has 74 heavy (non-hydrogen) atoms. The van der Waals surface area contributed by atoms with Crippen molar-refractivity contribution < 1.29 is 37.3 Å². The highest BCUT2D eigenvalue weighted by atomic mass is 31.2. The van der Waals surface area contributed by atoms with Crippen LogP contribution in [-0.4, -0.2) is 74.3 Å². The lowest BCUT2D eigenvalue weighted by molar-refractivity contribution is -0.870. The van der Waals surface area contributed by atoms with Gasteiger partial charge in [-0.2, -0.15) is 0 Å². The van der Waals surface area contributed by atoms with Gasteiger partial charge in [-0.25, -0.2) is 4.57 Å². The van der Waals surface area contributed by atoms with E-state index < -0.39 is 20.0 Å². The van der Waals surface area contributed by atoms with Crippen LogP contribution in [-0.2, 0) is 27.9 Å². The van der Waals surface area contributed by atoms with Crippen LogP contribution in [0.25, 0.3) is 0 Å². The molecule has 0 rings (SSSR count). The molecule has 0 aliphatic rings. The highest BCUT2D eigenvalue weighted by Gasteiger charge is 2.30. The normalized spacial score (nSPS) is 13.9. The fourth-order valence-corrected chi connectivity index (χ4v) is 10.1. The second-order valence-electron chi connectivity index (χ2n) is 22.9. The molecule has 10 heteroatoms. The molecule has 0 saturated carbocycles. The number of nitrogens with zero attached hydrogens (tertiary/aromatic N) is 1. The lowest BCUT2D eigenvalue weighted by Gasteiger charge is -2.27. The fourth-order valence-electron chi connectivity index (χ4n) is 9.34. The number of carbonyl (C=O) groups excluding carboxylic acids is 2. The van der Waals surface area contributed by atoms with Crippen LogP contribution in [0.1, 0.15) is 310 Å². The number of amides is 1. The van der Waals surface area contributed by atoms with E-state index >= 15 is 0 Å². The van der Waals surface area contributed by atoms with E-state index in [1.54, 1.807) is 0 Å². The molecule has 0 heterocycles. The minimum atomic E-state index is -4.45. The minimum Gasteiger partial charge on any atom is -0.456 e. The summed E-state index contributed by atoms with van der Waals surface area (Å²) in [5.41, 5.74) is 0. The van der Waals surface area contributed by atoms with Gasteiger partial charge >= 0.3 is 13.8 Å². The van der Waals surface area contributed by atoms with Gasteiger partial charge < -0.3 is 19.4 Å². The largest absolute Gasteiger partial charge is 0.472 e. The Labute approximate surface area is 459 Å². The predicted molar refractivity (Wildman–Crippen MR) is 319 cm³/mol. The van der Waals surface area contributed by atoms with E-state index in [4.69, 9.17) is 13.8 Å². The molecule has 0 saturated heterocycles. The zero-order valence-corrected chi connectivity index (χ0v) is 50.7. The maximum absolute atomic E-state index is 13.5. The fraction of sp³-hybridized carbons (Fsp3) is 0.875. The highest BCUT2D eigenvalue weighted by Crippen LogP contribution is 2.43. The van der Waals surface area contributed by atoms with E-state index in [-0.39, 0.29) is 31.5 Å². The standard InChI is InChI=1S/C64H123N2O7P/c1-7-10-13-16-19-22-25-28-30-32-33-35-36-38-41-44-47-50-53-56-63(67)65-61(60-72-74(69,70)71-59-58-66(4,5)6)62(55-52-49-46-43-40-27-24-21-18-15-12-9-3)73-64(68)57-54-51-48-45-42-39-37-34-31-29-26-23-20-17-14-11-8-2/h28-31,52,55,61-62H,7-27,32-51,53-54,56-60H2,1-6H3,(H-,65,67,69,70)/p+1/b30-28+,31-29+,55-52+. The summed E-state index contributed by atoms with van der Waals surface area (Å²) in [5, 5.41) is 3.06. The van der Waals surface area contributed by atoms with Crippen molar-refractivity contribution in [2.75, 3.05) is 40.9 Å². The number of allylic oxidation sites excluding steroid dienone is 5. The molecule has 3 atom stereocenters. The average Bonchev–Trinajstić information content (AvgIpc) is 3.36. The monoisotopic (exact) mass is 1060 g/mol. The maximum atomic E-state index is 13.5. The third kappa shape index (κ3) is 55.0. The topological polar surface area (TPSA) is 111 Å². The Morgan fingerprint density at radius 2 is 0.784 bits per heavy atom. The van der Waals surface area contributed by atoms with Gasteiger partial charge in [-0.3, -0.25) is 18.6 Å². The Morgan fingerprint density at radius 3 is 1.15 bits per heavy atom. The van der Waals surface area contributed by atoms with E-state index in [2.05, 4.69) is 50.4 Å². The predicted octanol–water partition coefficient (Wildman–Crippen LogP) is 19.5. The van der Waals surface area contributed by atoms with Crippen LogP contribution in [0.4, 0.5) is 0 Å². The Morgan fingerprint density at radius 1 is 0.459 bits per heavy atom. The van der Waals surface area contributed by atoms with E-state index in [0.29, 0.717) is 17.4 Å². The van der Waals surface area contributed by atoms with E-state index in [9.17, 15) is 19.0 Å². The molecule has 0 aliphatic heterocycles. The van der Waals surface area contributed by atoms with Crippen molar-refractivity contribution in [2.45, 2.75) is 322 Å². The van der Waals surface area contributed by atoms with Gasteiger partial charge in [0.25, 0.3) is 0 Å². The average molecular weight is 1060 g/mol. The van der Waals surface area contributed by atoms with Gasteiger partial charge in [0.2, 0.25) is 5.91 Å². The van der Waals surface area contributed by atoms with E-state index in [1.165, 1.54) is 218 Å². The number of hydrogen-bond donors (Lipinski definition) is 2. The van der Waals surface area contributed by atoms with Crippen molar-refractivity contribution in [3.63, 3.8) is 0 Å². The van der Waals surface area contributed by atoms with Gasteiger partial charge in [-0.05, 0) is 83.1 Å². The molecule has 0 aromatic heterocycles. The number of hydrogen-bond acceptors (Lipinski definition) is 6. The number of phosphoric ester groups is 1. The van der Waals surface area contributed by atoms with E-state index in [0.717, 1.165) is 57.8 Å². The van der Waals surface area contributed by atoms with Gasteiger partial charge in [-0.1, -0.05) is 250 Å². The molecule has 436 valence electrons. The molecule has 0 aliphatic carbocycles. The summed E-state index contributed by atoms with van der Waals surface area (Å²) in [6.07, 6.45) is 65.6. The molecule has 1 amide bonds. The molecular weight excluding hydrogens is 940 g/mol. The summed E-state index contributed by atoms with van der Waals surface area (Å²) in [4.78, 5) is 37.7. The molecule has 9 nitrogen and oxygen atoms in total. The SMILES string of the molecule is CCCCCCCC/C=C/CCCCCCCCCCCC(=O)NC(COP(=O)(O)OCC[N+](C)(C)C)C(/C=C/CCCCCCCCCCCC)OC(=O)CCCCCCCCC/C=C/CCCCCCCC. The lowest BCUT2D eigenvalue weighted by atomic mass is 10.0.